The van der Waals surface area contributed by atoms with Crippen molar-refractivity contribution in [2.24, 2.45) is 0 Å². The normalized spacial score (nSPS) is 11.6. The average Bonchev–Trinajstić information content (AvgIpc) is 3.72. The predicted molar refractivity (Wildman–Crippen MR) is 205 cm³/mol. The molecule has 50 heavy (non-hydrogen) atoms. The summed E-state index contributed by atoms with van der Waals surface area (Å²) in [5, 5.41) is 4.63. The fourth-order valence-corrected chi connectivity index (χ4v) is 7.42. The Morgan fingerprint density at radius 2 is 0.900 bits per heavy atom. The first-order valence-electron chi connectivity index (χ1n) is 16.8. The molecule has 5 heteroatoms. The molecule has 3 heterocycles. The third kappa shape index (κ3) is 4.37. The maximum atomic E-state index is 5.34. The second-order valence-corrected chi connectivity index (χ2v) is 12.5. The van der Waals surface area contributed by atoms with Crippen LogP contribution in [0.2, 0.25) is 0 Å². The molecule has 0 spiro atoms. The van der Waals surface area contributed by atoms with Crippen LogP contribution in [0.15, 0.2) is 176 Å². The standard InChI is InChI=1S/C45H29N5/c1-4-16-30(17-5-1)33-22-10-11-24-36(33)44-46-43(31-18-6-2-7-19-31)47-45(48-44)50-38-26-14-12-23-34(38)35-28-29-40-41(42(35)50)37-25-13-15-27-39(37)49(40)32-20-8-3-9-21-32/h1-29H. The van der Waals surface area contributed by atoms with E-state index in [0.29, 0.717) is 17.6 Å². The zero-order valence-electron chi connectivity index (χ0n) is 27.0. The average molecular weight is 640 g/mol. The van der Waals surface area contributed by atoms with E-state index in [0.717, 1.165) is 66.2 Å². The van der Waals surface area contributed by atoms with Crippen LogP contribution < -0.4 is 0 Å². The molecule has 10 aromatic rings. The van der Waals surface area contributed by atoms with E-state index in [1.165, 1.54) is 5.39 Å². The van der Waals surface area contributed by atoms with Gasteiger partial charge in [-0.15, -0.1) is 0 Å². The maximum absolute atomic E-state index is 5.34. The highest BCUT2D eigenvalue weighted by Gasteiger charge is 2.23. The second-order valence-electron chi connectivity index (χ2n) is 12.5. The molecule has 10 rings (SSSR count). The van der Waals surface area contributed by atoms with Crippen molar-refractivity contribution >= 4 is 43.6 Å². The van der Waals surface area contributed by atoms with Crippen molar-refractivity contribution in [2.75, 3.05) is 0 Å². The molecule has 3 aromatic heterocycles. The Kier molecular flexibility index (Phi) is 6.42. The molecule has 0 saturated heterocycles. The smallest absolute Gasteiger partial charge is 0.238 e. The third-order valence-electron chi connectivity index (χ3n) is 9.59. The summed E-state index contributed by atoms with van der Waals surface area (Å²) >= 11 is 0. The van der Waals surface area contributed by atoms with Gasteiger partial charge in [0.1, 0.15) is 0 Å². The number of benzene rings is 7. The first kappa shape index (κ1) is 28.2. The topological polar surface area (TPSA) is 48.5 Å². The first-order valence-corrected chi connectivity index (χ1v) is 16.8. The highest BCUT2D eigenvalue weighted by atomic mass is 15.2. The summed E-state index contributed by atoms with van der Waals surface area (Å²) in [5.41, 5.74) is 9.57. The number of aromatic nitrogens is 5. The van der Waals surface area contributed by atoms with Crippen molar-refractivity contribution < 1.29 is 0 Å². The van der Waals surface area contributed by atoms with Gasteiger partial charge in [-0.25, -0.2) is 4.98 Å². The number of para-hydroxylation sites is 3. The Hall–Kier alpha value is -6.85. The largest absolute Gasteiger partial charge is 0.309 e. The fourth-order valence-electron chi connectivity index (χ4n) is 7.42. The Balaban J connectivity index is 1.35. The van der Waals surface area contributed by atoms with E-state index in [9.17, 15) is 0 Å². The van der Waals surface area contributed by atoms with E-state index in [1.807, 2.05) is 24.3 Å². The van der Waals surface area contributed by atoms with Crippen LogP contribution in [0.1, 0.15) is 0 Å². The van der Waals surface area contributed by atoms with Crippen LogP contribution in [0.25, 0.3) is 89.2 Å². The zero-order valence-corrected chi connectivity index (χ0v) is 27.0. The van der Waals surface area contributed by atoms with Gasteiger partial charge in [-0.1, -0.05) is 146 Å². The fraction of sp³-hybridized carbons (Fsp3) is 0. The van der Waals surface area contributed by atoms with Crippen molar-refractivity contribution in [2.45, 2.75) is 0 Å². The summed E-state index contributed by atoms with van der Waals surface area (Å²) < 4.78 is 4.61. The summed E-state index contributed by atoms with van der Waals surface area (Å²) in [5.74, 6) is 1.82. The lowest BCUT2D eigenvalue weighted by molar-refractivity contribution is 0.955. The van der Waals surface area contributed by atoms with Crippen LogP contribution in [-0.2, 0) is 0 Å². The Morgan fingerprint density at radius 1 is 0.340 bits per heavy atom. The number of fused-ring (bicyclic) bond motifs is 7. The molecule has 0 aliphatic rings. The zero-order chi connectivity index (χ0) is 33.0. The Labute approximate surface area is 288 Å². The molecule has 0 atom stereocenters. The maximum Gasteiger partial charge on any atom is 0.238 e. The number of hydrogen-bond donors (Lipinski definition) is 0. The second kappa shape index (κ2) is 11.4. The van der Waals surface area contributed by atoms with E-state index in [-0.39, 0.29) is 0 Å². The third-order valence-corrected chi connectivity index (χ3v) is 9.59. The molecule has 0 amide bonds. The quantitative estimate of drug-likeness (QED) is 0.188. The van der Waals surface area contributed by atoms with E-state index in [1.54, 1.807) is 0 Å². The minimum Gasteiger partial charge on any atom is -0.309 e. The summed E-state index contributed by atoms with van der Waals surface area (Å²) in [6, 6.07) is 61.3. The lowest BCUT2D eigenvalue weighted by Crippen LogP contribution is -2.07. The number of hydrogen-bond acceptors (Lipinski definition) is 3. The highest BCUT2D eigenvalue weighted by Crippen LogP contribution is 2.42. The molecule has 0 fully saturated rings. The van der Waals surface area contributed by atoms with Gasteiger partial charge < -0.3 is 4.57 Å². The van der Waals surface area contributed by atoms with Gasteiger partial charge in [-0.05, 0) is 41.5 Å². The van der Waals surface area contributed by atoms with Gasteiger partial charge in [0.05, 0.1) is 22.1 Å². The lowest BCUT2D eigenvalue weighted by atomic mass is 9.99. The molecule has 0 bridgehead atoms. The van der Waals surface area contributed by atoms with Gasteiger partial charge in [0.2, 0.25) is 5.95 Å². The molecule has 0 radical (unpaired) electrons. The summed E-state index contributed by atoms with van der Waals surface area (Å²) in [4.78, 5) is 15.8. The van der Waals surface area contributed by atoms with E-state index >= 15 is 0 Å². The van der Waals surface area contributed by atoms with Gasteiger partial charge >= 0.3 is 0 Å². The van der Waals surface area contributed by atoms with Gasteiger partial charge in [0, 0.05) is 38.4 Å². The minimum atomic E-state index is 0.576. The SMILES string of the molecule is c1ccc(-c2nc(-c3ccccc3-c3ccccc3)nc(-n3c4ccccc4c4ccc5c(c6ccccc6n5-c5ccccc5)c43)n2)cc1. The van der Waals surface area contributed by atoms with Gasteiger partial charge in [-0.2, -0.15) is 9.97 Å². The monoisotopic (exact) mass is 639 g/mol. The number of nitrogens with zero attached hydrogens (tertiary/aromatic N) is 5. The number of rotatable bonds is 5. The van der Waals surface area contributed by atoms with Crippen LogP contribution >= 0.6 is 0 Å². The summed E-state index contributed by atoms with van der Waals surface area (Å²) in [7, 11) is 0. The van der Waals surface area contributed by atoms with Crippen molar-refractivity contribution in [1.82, 2.24) is 24.1 Å². The molecular weight excluding hydrogens is 611 g/mol. The van der Waals surface area contributed by atoms with Crippen molar-refractivity contribution in [3.63, 3.8) is 0 Å². The Morgan fingerprint density at radius 3 is 1.64 bits per heavy atom. The molecule has 0 aliphatic carbocycles. The van der Waals surface area contributed by atoms with Crippen LogP contribution in [0.3, 0.4) is 0 Å². The summed E-state index contributed by atoms with van der Waals surface area (Å²) in [6.45, 7) is 0. The molecular formula is C45H29N5. The van der Waals surface area contributed by atoms with Gasteiger partial charge in [0.25, 0.3) is 0 Å². The van der Waals surface area contributed by atoms with Gasteiger partial charge in [0.15, 0.2) is 11.6 Å². The van der Waals surface area contributed by atoms with E-state index in [4.69, 9.17) is 15.0 Å². The molecule has 0 N–H and O–H groups in total. The molecule has 7 aromatic carbocycles. The van der Waals surface area contributed by atoms with Crippen LogP contribution in [-0.4, -0.2) is 24.1 Å². The van der Waals surface area contributed by atoms with Crippen LogP contribution in [0.5, 0.6) is 0 Å². The van der Waals surface area contributed by atoms with E-state index in [2.05, 4.69) is 161 Å². The van der Waals surface area contributed by atoms with Gasteiger partial charge in [-0.3, -0.25) is 4.57 Å². The highest BCUT2D eigenvalue weighted by molar-refractivity contribution is 6.26. The van der Waals surface area contributed by atoms with Crippen molar-refractivity contribution in [3.8, 4) is 45.5 Å². The first-order chi connectivity index (χ1) is 24.8. The minimum absolute atomic E-state index is 0.576. The Bertz CT molecular complexity index is 2850. The predicted octanol–water partition coefficient (Wildman–Crippen LogP) is 11.1. The van der Waals surface area contributed by atoms with Crippen LogP contribution in [0.4, 0.5) is 0 Å². The summed E-state index contributed by atoms with van der Waals surface area (Å²) in [6.07, 6.45) is 0. The van der Waals surface area contributed by atoms with E-state index < -0.39 is 0 Å². The van der Waals surface area contributed by atoms with Crippen molar-refractivity contribution in [3.05, 3.63) is 176 Å². The molecule has 234 valence electrons. The van der Waals surface area contributed by atoms with Crippen LogP contribution in [0, 0.1) is 0 Å². The molecule has 0 aliphatic heterocycles. The molecule has 0 unspecified atom stereocenters. The molecule has 5 nitrogen and oxygen atoms in total. The molecule has 0 saturated carbocycles. The van der Waals surface area contributed by atoms with Crippen molar-refractivity contribution in [1.29, 1.82) is 0 Å². The lowest BCUT2D eigenvalue weighted by Gasteiger charge is -2.13.